The summed E-state index contributed by atoms with van der Waals surface area (Å²) >= 11 is 6.08. The van der Waals surface area contributed by atoms with Crippen molar-refractivity contribution < 1.29 is 4.74 Å². The van der Waals surface area contributed by atoms with Gasteiger partial charge in [0.05, 0.1) is 0 Å². The second kappa shape index (κ2) is 7.13. The molecule has 1 aromatic rings. The van der Waals surface area contributed by atoms with E-state index in [-0.39, 0.29) is 0 Å². The van der Waals surface area contributed by atoms with Crippen LogP contribution in [-0.2, 0) is 4.74 Å². The predicted molar refractivity (Wildman–Crippen MR) is 76.3 cm³/mol. The van der Waals surface area contributed by atoms with Crippen LogP contribution >= 0.6 is 11.6 Å². The van der Waals surface area contributed by atoms with Crippen LogP contribution in [0, 0.1) is 0 Å². The van der Waals surface area contributed by atoms with Crippen molar-refractivity contribution in [2.45, 2.75) is 37.6 Å². The third-order valence-corrected chi connectivity index (χ3v) is 3.69. The van der Waals surface area contributed by atoms with Gasteiger partial charge in [-0.05, 0) is 49.3 Å². The van der Waals surface area contributed by atoms with Crippen LogP contribution in [-0.4, -0.2) is 26.3 Å². The number of methoxy groups -OCH3 is 1. The monoisotopic (exact) mass is 267 g/mol. The SMILES string of the molecule is COCCCC(CNC1CC1)c1cccc(Cl)c1. The van der Waals surface area contributed by atoms with Gasteiger partial charge in [-0.3, -0.25) is 0 Å². The van der Waals surface area contributed by atoms with E-state index >= 15 is 0 Å². The largest absolute Gasteiger partial charge is 0.385 e. The predicted octanol–water partition coefficient (Wildman–Crippen LogP) is 3.60. The topological polar surface area (TPSA) is 21.3 Å². The molecule has 1 aromatic carbocycles. The van der Waals surface area contributed by atoms with Gasteiger partial charge in [0.1, 0.15) is 0 Å². The van der Waals surface area contributed by atoms with Gasteiger partial charge in [0.15, 0.2) is 0 Å². The van der Waals surface area contributed by atoms with Crippen LogP contribution in [0.4, 0.5) is 0 Å². The highest BCUT2D eigenvalue weighted by molar-refractivity contribution is 6.30. The lowest BCUT2D eigenvalue weighted by Gasteiger charge is -2.18. The lowest BCUT2D eigenvalue weighted by molar-refractivity contribution is 0.190. The molecule has 2 rings (SSSR count). The van der Waals surface area contributed by atoms with Crippen molar-refractivity contribution in [1.82, 2.24) is 5.32 Å². The van der Waals surface area contributed by atoms with Gasteiger partial charge in [-0.2, -0.15) is 0 Å². The molecule has 0 saturated heterocycles. The Kier molecular flexibility index (Phi) is 5.48. The maximum absolute atomic E-state index is 6.08. The summed E-state index contributed by atoms with van der Waals surface area (Å²) in [6.45, 7) is 1.88. The Labute approximate surface area is 115 Å². The smallest absolute Gasteiger partial charge is 0.0462 e. The van der Waals surface area contributed by atoms with E-state index in [4.69, 9.17) is 16.3 Å². The van der Waals surface area contributed by atoms with Crippen molar-refractivity contribution in [3.63, 3.8) is 0 Å². The molecule has 0 aromatic heterocycles. The molecule has 1 saturated carbocycles. The number of halogens is 1. The van der Waals surface area contributed by atoms with Crippen LogP contribution in [0.1, 0.15) is 37.2 Å². The van der Waals surface area contributed by atoms with Crippen molar-refractivity contribution in [2.75, 3.05) is 20.3 Å². The summed E-state index contributed by atoms with van der Waals surface area (Å²) in [6, 6.07) is 9.00. The normalized spacial score (nSPS) is 16.8. The number of benzene rings is 1. The van der Waals surface area contributed by atoms with Gasteiger partial charge in [0.2, 0.25) is 0 Å². The molecular formula is C15H22ClNO. The zero-order valence-corrected chi connectivity index (χ0v) is 11.7. The van der Waals surface area contributed by atoms with Crippen LogP contribution in [0.15, 0.2) is 24.3 Å². The molecule has 1 fully saturated rings. The molecule has 1 unspecified atom stereocenters. The van der Waals surface area contributed by atoms with Gasteiger partial charge in [-0.1, -0.05) is 23.7 Å². The minimum Gasteiger partial charge on any atom is -0.385 e. The van der Waals surface area contributed by atoms with E-state index in [1.165, 1.54) is 18.4 Å². The molecule has 0 amide bonds. The fraction of sp³-hybridized carbons (Fsp3) is 0.600. The summed E-state index contributed by atoms with van der Waals surface area (Å²) in [6.07, 6.45) is 4.91. The van der Waals surface area contributed by atoms with Crippen molar-refractivity contribution in [2.24, 2.45) is 0 Å². The van der Waals surface area contributed by atoms with E-state index in [2.05, 4.69) is 17.4 Å². The lowest BCUT2D eigenvalue weighted by Crippen LogP contribution is -2.23. The molecular weight excluding hydrogens is 246 g/mol. The molecule has 0 aliphatic heterocycles. The molecule has 0 heterocycles. The summed E-state index contributed by atoms with van der Waals surface area (Å²) < 4.78 is 5.14. The first kappa shape index (κ1) is 13.9. The summed E-state index contributed by atoms with van der Waals surface area (Å²) in [7, 11) is 1.76. The number of hydrogen-bond donors (Lipinski definition) is 1. The van der Waals surface area contributed by atoms with Crippen molar-refractivity contribution in [1.29, 1.82) is 0 Å². The van der Waals surface area contributed by atoms with Crippen LogP contribution in [0.3, 0.4) is 0 Å². The average molecular weight is 268 g/mol. The summed E-state index contributed by atoms with van der Waals surface area (Å²) in [5.74, 6) is 0.541. The van der Waals surface area contributed by atoms with Gasteiger partial charge >= 0.3 is 0 Å². The summed E-state index contributed by atoms with van der Waals surface area (Å²) in [5.41, 5.74) is 1.34. The van der Waals surface area contributed by atoms with E-state index in [1.807, 2.05) is 12.1 Å². The maximum Gasteiger partial charge on any atom is 0.0462 e. The maximum atomic E-state index is 6.08. The minimum absolute atomic E-state index is 0.541. The Morgan fingerprint density at radius 2 is 2.28 bits per heavy atom. The number of ether oxygens (including phenoxy) is 1. The Morgan fingerprint density at radius 1 is 1.44 bits per heavy atom. The molecule has 1 N–H and O–H groups in total. The quantitative estimate of drug-likeness (QED) is 0.727. The first-order chi connectivity index (χ1) is 8.79. The summed E-state index contributed by atoms with van der Waals surface area (Å²) in [4.78, 5) is 0. The molecule has 1 aliphatic carbocycles. The molecule has 1 atom stereocenters. The zero-order chi connectivity index (χ0) is 12.8. The number of hydrogen-bond acceptors (Lipinski definition) is 2. The highest BCUT2D eigenvalue weighted by atomic mass is 35.5. The molecule has 18 heavy (non-hydrogen) atoms. The number of rotatable bonds is 8. The van der Waals surface area contributed by atoms with Crippen LogP contribution in [0.2, 0.25) is 5.02 Å². The van der Waals surface area contributed by atoms with Crippen molar-refractivity contribution in [3.8, 4) is 0 Å². The van der Waals surface area contributed by atoms with Gasteiger partial charge in [0, 0.05) is 31.3 Å². The second-order valence-corrected chi connectivity index (χ2v) is 5.51. The first-order valence-electron chi connectivity index (χ1n) is 6.77. The second-order valence-electron chi connectivity index (χ2n) is 5.07. The van der Waals surface area contributed by atoms with E-state index in [0.717, 1.165) is 37.1 Å². The molecule has 2 nitrogen and oxygen atoms in total. The van der Waals surface area contributed by atoms with E-state index < -0.39 is 0 Å². The third-order valence-electron chi connectivity index (χ3n) is 3.45. The molecule has 0 radical (unpaired) electrons. The molecule has 100 valence electrons. The van der Waals surface area contributed by atoms with Gasteiger partial charge in [0.25, 0.3) is 0 Å². The zero-order valence-electron chi connectivity index (χ0n) is 11.0. The van der Waals surface area contributed by atoms with Gasteiger partial charge < -0.3 is 10.1 Å². The highest BCUT2D eigenvalue weighted by Crippen LogP contribution is 2.26. The highest BCUT2D eigenvalue weighted by Gasteiger charge is 2.22. The molecule has 0 spiro atoms. The first-order valence-corrected chi connectivity index (χ1v) is 7.15. The van der Waals surface area contributed by atoms with E-state index in [9.17, 15) is 0 Å². The number of nitrogens with one attached hydrogen (secondary N) is 1. The minimum atomic E-state index is 0.541. The Morgan fingerprint density at radius 3 is 2.94 bits per heavy atom. The third kappa shape index (κ3) is 4.60. The fourth-order valence-electron chi connectivity index (χ4n) is 2.22. The average Bonchev–Trinajstić information content (AvgIpc) is 3.17. The standard InChI is InChI=1S/C15H22ClNO/c1-18-9-3-5-13(11-17-15-7-8-15)12-4-2-6-14(16)10-12/h2,4,6,10,13,15,17H,3,5,7-9,11H2,1H3. The summed E-state index contributed by atoms with van der Waals surface area (Å²) in [5, 5.41) is 4.45. The van der Waals surface area contributed by atoms with Gasteiger partial charge in [-0.15, -0.1) is 0 Å². The van der Waals surface area contributed by atoms with Gasteiger partial charge in [-0.25, -0.2) is 0 Å². The van der Waals surface area contributed by atoms with Crippen LogP contribution in [0.25, 0.3) is 0 Å². The van der Waals surface area contributed by atoms with E-state index in [0.29, 0.717) is 5.92 Å². The Balaban J connectivity index is 1.92. The lowest BCUT2D eigenvalue weighted by atomic mass is 9.94. The van der Waals surface area contributed by atoms with Crippen LogP contribution in [0.5, 0.6) is 0 Å². The van der Waals surface area contributed by atoms with Crippen molar-refractivity contribution >= 4 is 11.6 Å². The molecule has 3 heteroatoms. The Bertz CT molecular complexity index is 365. The van der Waals surface area contributed by atoms with Crippen molar-refractivity contribution in [3.05, 3.63) is 34.9 Å². The Hall–Kier alpha value is -0.570. The molecule has 0 bridgehead atoms. The molecule has 1 aliphatic rings. The van der Waals surface area contributed by atoms with E-state index in [1.54, 1.807) is 7.11 Å². The van der Waals surface area contributed by atoms with Crippen LogP contribution < -0.4 is 5.32 Å². The fourth-order valence-corrected chi connectivity index (χ4v) is 2.42.